The van der Waals surface area contributed by atoms with Crippen molar-refractivity contribution in [3.63, 3.8) is 0 Å². The van der Waals surface area contributed by atoms with Crippen molar-refractivity contribution >= 4 is 15.7 Å². The standard InChI is InChI=1S/C26H24N4O3S/c1-33-22-15-9-12-20(16-22)26-23(18-29(28-26)21-13-7-4-8-14-21)24-17-25(19-10-5-3-6-11-19)30(27-24)34(2,31)32/h3-16,18,25H,17H2,1-2H3/t25-/m1/s1. The minimum Gasteiger partial charge on any atom is -0.497 e. The van der Waals surface area contributed by atoms with Gasteiger partial charge in [0.25, 0.3) is 0 Å². The van der Waals surface area contributed by atoms with E-state index in [4.69, 9.17) is 9.84 Å². The Bertz CT molecular complexity index is 1450. The second kappa shape index (κ2) is 8.79. The van der Waals surface area contributed by atoms with Gasteiger partial charge in [-0.15, -0.1) is 0 Å². The van der Waals surface area contributed by atoms with Crippen LogP contribution in [0.3, 0.4) is 0 Å². The first kappa shape index (κ1) is 21.9. The molecule has 1 atom stereocenters. The van der Waals surface area contributed by atoms with Crippen LogP contribution in [0.25, 0.3) is 16.9 Å². The first-order valence-electron chi connectivity index (χ1n) is 10.9. The Labute approximate surface area is 199 Å². The maximum absolute atomic E-state index is 12.6. The van der Waals surface area contributed by atoms with Crippen LogP contribution < -0.4 is 4.74 Å². The molecule has 7 nitrogen and oxygen atoms in total. The van der Waals surface area contributed by atoms with Gasteiger partial charge in [-0.3, -0.25) is 0 Å². The Morgan fingerprint density at radius 2 is 1.65 bits per heavy atom. The van der Waals surface area contributed by atoms with E-state index in [1.165, 1.54) is 10.7 Å². The van der Waals surface area contributed by atoms with Crippen LogP contribution in [0.2, 0.25) is 0 Å². The third kappa shape index (κ3) is 4.20. The van der Waals surface area contributed by atoms with E-state index in [2.05, 4.69) is 5.10 Å². The van der Waals surface area contributed by atoms with Crippen LogP contribution in [0, 0.1) is 0 Å². The lowest BCUT2D eigenvalue weighted by Gasteiger charge is -2.21. The van der Waals surface area contributed by atoms with Crippen LogP contribution in [-0.2, 0) is 10.0 Å². The van der Waals surface area contributed by atoms with Gasteiger partial charge in [-0.1, -0.05) is 60.7 Å². The van der Waals surface area contributed by atoms with Gasteiger partial charge in [-0.25, -0.2) is 13.1 Å². The molecule has 0 spiro atoms. The number of methoxy groups -OCH3 is 1. The molecule has 2 heterocycles. The van der Waals surface area contributed by atoms with Crippen LogP contribution in [0.4, 0.5) is 0 Å². The van der Waals surface area contributed by atoms with Crippen molar-refractivity contribution in [2.45, 2.75) is 12.5 Å². The molecule has 1 aliphatic heterocycles. The number of para-hydroxylation sites is 1. The van der Waals surface area contributed by atoms with Crippen molar-refractivity contribution in [1.82, 2.24) is 14.2 Å². The van der Waals surface area contributed by atoms with Crippen LogP contribution in [-0.4, -0.2) is 41.7 Å². The fraction of sp³-hybridized carbons (Fsp3) is 0.154. The third-order valence-corrected chi connectivity index (χ3v) is 6.80. The average molecular weight is 473 g/mol. The minimum absolute atomic E-state index is 0.413. The lowest BCUT2D eigenvalue weighted by Crippen LogP contribution is -2.25. The summed E-state index contributed by atoms with van der Waals surface area (Å²) in [5, 5.41) is 9.47. The summed E-state index contributed by atoms with van der Waals surface area (Å²) in [4.78, 5) is 0. The average Bonchev–Trinajstić information content (AvgIpc) is 3.50. The normalized spacial score (nSPS) is 15.9. The number of sulfonamides is 1. The second-order valence-corrected chi connectivity index (χ2v) is 9.96. The molecule has 0 aliphatic carbocycles. The second-order valence-electron chi connectivity index (χ2n) is 8.12. The number of nitrogens with zero attached hydrogens (tertiary/aromatic N) is 4. The van der Waals surface area contributed by atoms with Gasteiger partial charge in [-0.2, -0.15) is 14.6 Å². The fourth-order valence-corrected chi connectivity index (χ4v) is 5.07. The van der Waals surface area contributed by atoms with E-state index < -0.39 is 16.1 Å². The predicted molar refractivity (Wildman–Crippen MR) is 133 cm³/mol. The first-order valence-corrected chi connectivity index (χ1v) is 12.7. The lowest BCUT2D eigenvalue weighted by atomic mass is 9.97. The van der Waals surface area contributed by atoms with Gasteiger partial charge in [0, 0.05) is 23.7 Å². The van der Waals surface area contributed by atoms with Crippen LogP contribution in [0.15, 0.2) is 96.2 Å². The van der Waals surface area contributed by atoms with E-state index >= 15 is 0 Å². The molecule has 1 aromatic heterocycles. The summed E-state index contributed by atoms with van der Waals surface area (Å²) in [5.41, 5.74) is 4.81. The van der Waals surface area contributed by atoms with Crippen molar-refractivity contribution in [2.24, 2.45) is 5.10 Å². The zero-order chi connectivity index (χ0) is 23.7. The van der Waals surface area contributed by atoms with Crippen LogP contribution in [0.5, 0.6) is 5.75 Å². The SMILES string of the molecule is COc1cccc(-c2nn(-c3ccccc3)cc2C2=NN(S(C)(=O)=O)[C@@H](c3ccccc3)C2)c1. The molecule has 8 heteroatoms. The number of aromatic nitrogens is 2. The number of ether oxygens (including phenoxy) is 1. The summed E-state index contributed by atoms with van der Waals surface area (Å²) < 4.78 is 33.7. The summed E-state index contributed by atoms with van der Waals surface area (Å²) in [7, 11) is -1.95. The molecule has 1 aliphatic rings. The van der Waals surface area contributed by atoms with Gasteiger partial charge in [-0.05, 0) is 29.8 Å². The molecule has 34 heavy (non-hydrogen) atoms. The Kier molecular flexibility index (Phi) is 5.67. The van der Waals surface area contributed by atoms with E-state index in [1.807, 2.05) is 91.1 Å². The summed E-state index contributed by atoms with van der Waals surface area (Å²) in [6, 6.07) is 26.6. The smallest absolute Gasteiger partial charge is 0.247 e. The summed E-state index contributed by atoms with van der Waals surface area (Å²) in [5.74, 6) is 0.714. The monoisotopic (exact) mass is 472 g/mol. The number of hydrazone groups is 1. The fourth-order valence-electron chi connectivity index (χ4n) is 4.16. The highest BCUT2D eigenvalue weighted by Crippen LogP contribution is 2.37. The van der Waals surface area contributed by atoms with Crippen molar-refractivity contribution in [1.29, 1.82) is 0 Å². The molecular formula is C26H24N4O3S. The van der Waals surface area contributed by atoms with Gasteiger partial charge >= 0.3 is 0 Å². The first-order chi connectivity index (χ1) is 16.4. The van der Waals surface area contributed by atoms with Gasteiger partial charge in [0.1, 0.15) is 11.4 Å². The van der Waals surface area contributed by atoms with E-state index in [0.29, 0.717) is 23.6 Å². The van der Waals surface area contributed by atoms with Gasteiger partial charge in [0.15, 0.2) is 0 Å². The summed E-state index contributed by atoms with van der Waals surface area (Å²) >= 11 is 0. The van der Waals surface area contributed by atoms with Crippen molar-refractivity contribution in [3.05, 3.63) is 102 Å². The maximum atomic E-state index is 12.6. The van der Waals surface area contributed by atoms with Crippen molar-refractivity contribution in [2.75, 3.05) is 13.4 Å². The van der Waals surface area contributed by atoms with E-state index in [-0.39, 0.29) is 0 Å². The molecule has 0 N–H and O–H groups in total. The number of hydrogen-bond donors (Lipinski definition) is 0. The molecule has 0 bridgehead atoms. The molecule has 0 saturated carbocycles. The van der Waals surface area contributed by atoms with Crippen molar-refractivity contribution in [3.8, 4) is 22.7 Å². The van der Waals surface area contributed by atoms with Crippen molar-refractivity contribution < 1.29 is 13.2 Å². The Hall–Kier alpha value is -3.91. The lowest BCUT2D eigenvalue weighted by molar-refractivity contribution is 0.375. The Morgan fingerprint density at radius 3 is 2.32 bits per heavy atom. The zero-order valence-electron chi connectivity index (χ0n) is 18.9. The van der Waals surface area contributed by atoms with Gasteiger partial charge < -0.3 is 4.74 Å². The Morgan fingerprint density at radius 1 is 0.941 bits per heavy atom. The summed E-state index contributed by atoms with van der Waals surface area (Å²) in [6.07, 6.45) is 3.54. The van der Waals surface area contributed by atoms with Gasteiger partial charge in [0.05, 0.1) is 30.8 Å². The number of rotatable bonds is 6. The third-order valence-electron chi connectivity index (χ3n) is 5.79. The molecule has 5 rings (SSSR count). The highest BCUT2D eigenvalue weighted by Gasteiger charge is 2.36. The minimum atomic E-state index is -3.58. The topological polar surface area (TPSA) is 76.8 Å². The zero-order valence-corrected chi connectivity index (χ0v) is 19.7. The van der Waals surface area contributed by atoms with Gasteiger partial charge in [0.2, 0.25) is 10.0 Å². The molecule has 4 aromatic rings. The van der Waals surface area contributed by atoms with Crippen LogP contribution >= 0.6 is 0 Å². The number of hydrogen-bond acceptors (Lipinski definition) is 5. The molecule has 3 aromatic carbocycles. The highest BCUT2D eigenvalue weighted by molar-refractivity contribution is 7.88. The number of benzene rings is 3. The van der Waals surface area contributed by atoms with E-state index in [1.54, 1.807) is 11.8 Å². The molecule has 0 saturated heterocycles. The molecule has 0 fully saturated rings. The largest absolute Gasteiger partial charge is 0.497 e. The predicted octanol–water partition coefficient (Wildman–Crippen LogP) is 4.66. The molecule has 0 unspecified atom stereocenters. The maximum Gasteiger partial charge on any atom is 0.247 e. The summed E-state index contributed by atoms with van der Waals surface area (Å²) in [6.45, 7) is 0. The molecular weight excluding hydrogens is 448 g/mol. The van der Waals surface area contributed by atoms with Crippen LogP contribution in [0.1, 0.15) is 23.6 Å². The Balaban J connectivity index is 1.65. The quantitative estimate of drug-likeness (QED) is 0.409. The molecule has 172 valence electrons. The van der Waals surface area contributed by atoms with E-state index in [0.717, 1.165) is 22.4 Å². The molecule has 0 amide bonds. The highest BCUT2D eigenvalue weighted by atomic mass is 32.2. The van der Waals surface area contributed by atoms with E-state index in [9.17, 15) is 8.42 Å². The molecule has 0 radical (unpaired) electrons.